The third kappa shape index (κ3) is 3.37. The summed E-state index contributed by atoms with van der Waals surface area (Å²) < 4.78 is 0. The van der Waals surface area contributed by atoms with Crippen LogP contribution in [-0.4, -0.2) is 42.5 Å². The topological polar surface area (TPSA) is 120 Å². The van der Waals surface area contributed by atoms with Gasteiger partial charge >= 0.3 is 0 Å². The zero-order chi connectivity index (χ0) is 22.4. The largest absolute Gasteiger partial charge is 0.390 e. The number of nitrogens with one attached hydrogen (secondary N) is 3. The molecule has 4 N–H and O–H groups in total. The Hall–Kier alpha value is -4.30. The Labute approximate surface area is 188 Å². The van der Waals surface area contributed by atoms with Crippen molar-refractivity contribution < 1.29 is 9.90 Å². The summed E-state index contributed by atoms with van der Waals surface area (Å²) in [7, 11) is 0. The summed E-state index contributed by atoms with van der Waals surface area (Å²) in [4.78, 5) is 17.3. The number of aromatic amines is 2. The molecule has 0 fully saturated rings. The molecule has 0 radical (unpaired) electrons. The quantitative estimate of drug-likeness (QED) is 0.344. The number of benzene rings is 3. The molecule has 162 valence electrons. The normalized spacial score (nSPS) is 17.2. The molecule has 0 unspecified atom stereocenters. The highest BCUT2D eigenvalue weighted by Crippen LogP contribution is 2.32. The predicted molar refractivity (Wildman–Crippen MR) is 123 cm³/mol. The van der Waals surface area contributed by atoms with Crippen LogP contribution < -0.4 is 5.32 Å². The molecule has 5 aromatic rings. The number of H-pyrrole nitrogens is 2. The third-order valence-electron chi connectivity index (χ3n) is 6.14. The van der Waals surface area contributed by atoms with Crippen molar-refractivity contribution in [3.63, 3.8) is 0 Å². The van der Waals surface area contributed by atoms with E-state index in [9.17, 15) is 9.90 Å². The Morgan fingerprint density at radius 3 is 2.79 bits per heavy atom. The van der Waals surface area contributed by atoms with E-state index >= 15 is 0 Å². The van der Waals surface area contributed by atoms with Gasteiger partial charge in [0.1, 0.15) is 6.33 Å². The van der Waals surface area contributed by atoms with Crippen molar-refractivity contribution >= 4 is 16.8 Å². The van der Waals surface area contributed by atoms with E-state index in [1.165, 1.54) is 6.33 Å². The molecule has 0 bridgehead atoms. The van der Waals surface area contributed by atoms with Gasteiger partial charge in [0.15, 0.2) is 5.82 Å². The van der Waals surface area contributed by atoms with Crippen molar-refractivity contribution in [2.75, 3.05) is 0 Å². The molecule has 0 aliphatic heterocycles. The molecule has 2 heterocycles. The van der Waals surface area contributed by atoms with Gasteiger partial charge < -0.3 is 10.4 Å². The van der Waals surface area contributed by atoms with Gasteiger partial charge in [0.05, 0.1) is 23.4 Å². The molecule has 1 aliphatic carbocycles. The Kier molecular flexibility index (Phi) is 4.51. The van der Waals surface area contributed by atoms with Gasteiger partial charge in [-0.2, -0.15) is 10.2 Å². The third-order valence-corrected chi connectivity index (χ3v) is 6.14. The molecule has 33 heavy (non-hydrogen) atoms. The standard InChI is InChI=1S/C25H20N6O2/c32-21-12-14-4-1-2-7-18(14)23(21)28-25(33)17-6-3-5-15(10-17)22-19-11-16(24-26-13-27-31-24)8-9-20(19)29-30-22/h1-11,13,21,23,32H,12H2,(H,28,33)(H,29,30)(H,26,27,31)/t21-,23+/m1/s1. The second kappa shape index (κ2) is 7.68. The minimum Gasteiger partial charge on any atom is -0.390 e. The Morgan fingerprint density at radius 1 is 1.00 bits per heavy atom. The van der Waals surface area contributed by atoms with E-state index in [-0.39, 0.29) is 5.91 Å². The first-order valence-corrected chi connectivity index (χ1v) is 10.7. The molecule has 1 aliphatic rings. The number of aliphatic hydroxyl groups is 1. The van der Waals surface area contributed by atoms with Gasteiger partial charge in [-0.05, 0) is 41.5 Å². The summed E-state index contributed by atoms with van der Waals surface area (Å²) in [6.45, 7) is 0. The van der Waals surface area contributed by atoms with E-state index in [1.54, 1.807) is 6.07 Å². The maximum absolute atomic E-state index is 13.1. The van der Waals surface area contributed by atoms with E-state index in [1.807, 2.05) is 60.7 Å². The molecular weight excluding hydrogens is 416 g/mol. The molecule has 0 saturated heterocycles. The van der Waals surface area contributed by atoms with E-state index < -0.39 is 12.1 Å². The monoisotopic (exact) mass is 436 g/mol. The number of aliphatic hydroxyl groups excluding tert-OH is 1. The Morgan fingerprint density at radius 2 is 1.91 bits per heavy atom. The first-order valence-electron chi connectivity index (χ1n) is 10.7. The minimum absolute atomic E-state index is 0.236. The van der Waals surface area contributed by atoms with E-state index in [0.717, 1.165) is 38.9 Å². The molecule has 2 atom stereocenters. The number of hydrogen-bond acceptors (Lipinski definition) is 5. The van der Waals surface area contributed by atoms with E-state index in [4.69, 9.17) is 0 Å². The van der Waals surface area contributed by atoms with Gasteiger partial charge in [0, 0.05) is 28.5 Å². The van der Waals surface area contributed by atoms with Crippen molar-refractivity contribution in [1.29, 1.82) is 0 Å². The molecule has 1 amide bonds. The maximum Gasteiger partial charge on any atom is 0.251 e. The van der Waals surface area contributed by atoms with Crippen LogP contribution in [0.25, 0.3) is 33.5 Å². The summed E-state index contributed by atoms with van der Waals surface area (Å²) >= 11 is 0. The van der Waals surface area contributed by atoms with Gasteiger partial charge in [-0.15, -0.1) is 0 Å². The number of carbonyl (C=O) groups excluding carboxylic acids is 1. The second-order valence-corrected chi connectivity index (χ2v) is 8.17. The SMILES string of the molecule is O=C(N[C@H]1c2ccccc2C[C@H]1O)c1cccc(-c2n[nH]c3ccc(-c4ncn[nH]4)cc23)c1. The van der Waals surface area contributed by atoms with Crippen LogP contribution >= 0.6 is 0 Å². The summed E-state index contributed by atoms with van der Waals surface area (Å²) in [5, 5.41) is 28.7. The van der Waals surface area contributed by atoms with Crippen LogP contribution in [0.5, 0.6) is 0 Å². The second-order valence-electron chi connectivity index (χ2n) is 8.17. The van der Waals surface area contributed by atoms with Gasteiger partial charge in [0.2, 0.25) is 0 Å². The van der Waals surface area contributed by atoms with Crippen molar-refractivity contribution in [1.82, 2.24) is 30.7 Å². The lowest BCUT2D eigenvalue weighted by Crippen LogP contribution is -2.33. The molecule has 0 spiro atoms. The van der Waals surface area contributed by atoms with Crippen LogP contribution in [0.2, 0.25) is 0 Å². The molecule has 8 nitrogen and oxygen atoms in total. The maximum atomic E-state index is 13.1. The number of aromatic nitrogens is 5. The Balaban J connectivity index is 1.32. The summed E-state index contributed by atoms with van der Waals surface area (Å²) in [6.07, 6.45) is 1.37. The van der Waals surface area contributed by atoms with Gasteiger partial charge in [-0.25, -0.2) is 4.98 Å². The van der Waals surface area contributed by atoms with Crippen LogP contribution in [0.3, 0.4) is 0 Å². The highest BCUT2D eigenvalue weighted by Gasteiger charge is 2.32. The van der Waals surface area contributed by atoms with Crippen LogP contribution in [0.15, 0.2) is 73.1 Å². The summed E-state index contributed by atoms with van der Waals surface area (Å²) in [5.74, 6) is 0.437. The summed E-state index contributed by atoms with van der Waals surface area (Å²) in [5.41, 5.74) is 5.87. The average Bonchev–Trinajstić information content (AvgIpc) is 3.58. The van der Waals surface area contributed by atoms with Crippen molar-refractivity contribution in [2.45, 2.75) is 18.6 Å². The lowest BCUT2D eigenvalue weighted by Gasteiger charge is -2.18. The molecule has 0 saturated carbocycles. The number of nitrogens with zero attached hydrogens (tertiary/aromatic N) is 3. The molecular formula is C25H20N6O2. The fraction of sp³-hybridized carbons (Fsp3) is 0.120. The van der Waals surface area contributed by atoms with Gasteiger partial charge in [-0.3, -0.25) is 15.0 Å². The lowest BCUT2D eigenvalue weighted by atomic mass is 10.0. The molecule has 2 aromatic heterocycles. The number of rotatable bonds is 4. The molecule has 8 heteroatoms. The fourth-order valence-corrected chi connectivity index (χ4v) is 4.51. The van der Waals surface area contributed by atoms with Crippen molar-refractivity contribution in [2.24, 2.45) is 0 Å². The van der Waals surface area contributed by atoms with Gasteiger partial charge in [-0.1, -0.05) is 36.4 Å². The first kappa shape index (κ1) is 19.4. The fourth-order valence-electron chi connectivity index (χ4n) is 4.51. The number of fused-ring (bicyclic) bond motifs is 2. The highest BCUT2D eigenvalue weighted by atomic mass is 16.3. The van der Waals surface area contributed by atoms with Crippen LogP contribution in [-0.2, 0) is 6.42 Å². The van der Waals surface area contributed by atoms with Gasteiger partial charge in [0.25, 0.3) is 5.91 Å². The zero-order valence-electron chi connectivity index (χ0n) is 17.5. The van der Waals surface area contributed by atoms with Crippen molar-refractivity contribution in [3.8, 4) is 22.6 Å². The number of carbonyl (C=O) groups is 1. The van der Waals surface area contributed by atoms with Crippen LogP contribution in [0.4, 0.5) is 0 Å². The first-order chi connectivity index (χ1) is 16.2. The molecule has 6 rings (SSSR count). The molecule has 3 aromatic carbocycles. The number of amides is 1. The van der Waals surface area contributed by atoms with Crippen LogP contribution in [0.1, 0.15) is 27.5 Å². The smallest absolute Gasteiger partial charge is 0.251 e. The minimum atomic E-state index is -0.640. The van der Waals surface area contributed by atoms with E-state index in [0.29, 0.717) is 17.8 Å². The zero-order valence-corrected chi connectivity index (χ0v) is 17.5. The Bertz CT molecular complexity index is 1470. The van der Waals surface area contributed by atoms with E-state index in [2.05, 4.69) is 30.7 Å². The predicted octanol–water partition coefficient (Wildman–Crippen LogP) is 3.40. The van der Waals surface area contributed by atoms with Crippen LogP contribution in [0, 0.1) is 0 Å². The average molecular weight is 436 g/mol. The lowest BCUT2D eigenvalue weighted by molar-refractivity contribution is 0.0858. The summed E-state index contributed by atoms with van der Waals surface area (Å²) in [6, 6.07) is 20.6. The number of hydrogen-bond donors (Lipinski definition) is 4. The van der Waals surface area contributed by atoms with Crippen molar-refractivity contribution in [3.05, 3.63) is 89.7 Å². The highest BCUT2D eigenvalue weighted by molar-refractivity contribution is 5.99.